The van der Waals surface area contributed by atoms with Gasteiger partial charge in [0.25, 0.3) is 0 Å². The van der Waals surface area contributed by atoms with Crippen LogP contribution in [-0.4, -0.2) is 36.9 Å². The molecule has 3 rings (SSSR count). The number of nitrogens with one attached hydrogen (secondary N) is 1. The Hall–Kier alpha value is -2.26. The first-order valence-electron chi connectivity index (χ1n) is 10.4. The van der Waals surface area contributed by atoms with Crippen molar-refractivity contribution in [2.24, 2.45) is 11.3 Å². The molecule has 0 radical (unpaired) electrons. The van der Waals surface area contributed by atoms with E-state index in [1.807, 2.05) is 20.8 Å². The molecule has 0 bridgehead atoms. The van der Waals surface area contributed by atoms with Crippen LogP contribution in [0.4, 0.5) is 4.39 Å². The van der Waals surface area contributed by atoms with E-state index < -0.39 is 15.9 Å². The summed E-state index contributed by atoms with van der Waals surface area (Å²) in [6, 6.07) is 5.74. The van der Waals surface area contributed by atoms with Crippen molar-refractivity contribution < 1.29 is 22.1 Å². The molecule has 170 valence electrons. The van der Waals surface area contributed by atoms with Gasteiger partial charge in [0.1, 0.15) is 16.4 Å². The highest BCUT2D eigenvalue weighted by Gasteiger charge is 2.38. The number of hydrogen-bond donors (Lipinski definition) is 1. The van der Waals surface area contributed by atoms with Gasteiger partial charge in [-0.05, 0) is 49.8 Å². The molecular weight excluding hydrogens is 421 g/mol. The predicted molar refractivity (Wildman–Crippen MR) is 114 cm³/mol. The second-order valence-electron chi connectivity index (χ2n) is 9.21. The van der Waals surface area contributed by atoms with Gasteiger partial charge in [-0.1, -0.05) is 38.1 Å². The van der Waals surface area contributed by atoms with Gasteiger partial charge >= 0.3 is 0 Å². The Labute approximate surface area is 183 Å². The molecule has 2 aromatic rings. The smallest absolute Gasteiger partial charge is 0.248 e. The molecule has 0 saturated carbocycles. The third-order valence-electron chi connectivity index (χ3n) is 5.68. The SMILES string of the molecule is Cc1noc(C)c1S(=O)(=O)N1CCCC(C(=O)NC(c2ccc(F)cc2)C(C)(C)C)C1. The van der Waals surface area contributed by atoms with E-state index in [4.69, 9.17) is 4.52 Å². The third kappa shape index (κ3) is 4.98. The van der Waals surface area contributed by atoms with Gasteiger partial charge in [0.05, 0.1) is 12.0 Å². The van der Waals surface area contributed by atoms with Crippen LogP contribution >= 0.6 is 0 Å². The normalized spacial score (nSPS) is 19.2. The summed E-state index contributed by atoms with van der Waals surface area (Å²) in [4.78, 5) is 13.2. The summed E-state index contributed by atoms with van der Waals surface area (Å²) in [6.45, 7) is 9.59. The lowest BCUT2D eigenvalue weighted by Gasteiger charge is -2.35. The summed E-state index contributed by atoms with van der Waals surface area (Å²) in [5.74, 6) is -0.777. The number of nitrogens with zero attached hydrogens (tertiary/aromatic N) is 2. The zero-order valence-corrected chi connectivity index (χ0v) is 19.4. The third-order valence-corrected chi connectivity index (χ3v) is 7.79. The number of hydrogen-bond acceptors (Lipinski definition) is 5. The number of piperidine rings is 1. The van der Waals surface area contributed by atoms with Crippen LogP contribution in [0.5, 0.6) is 0 Å². The molecule has 1 aromatic heterocycles. The number of rotatable bonds is 5. The van der Waals surface area contributed by atoms with Crippen molar-refractivity contribution in [3.05, 3.63) is 47.1 Å². The van der Waals surface area contributed by atoms with Gasteiger partial charge < -0.3 is 9.84 Å². The van der Waals surface area contributed by atoms with Crippen molar-refractivity contribution in [1.29, 1.82) is 0 Å². The highest BCUT2D eigenvalue weighted by atomic mass is 32.2. The van der Waals surface area contributed by atoms with Crippen LogP contribution in [0.25, 0.3) is 0 Å². The van der Waals surface area contributed by atoms with E-state index in [1.165, 1.54) is 16.4 Å². The number of halogens is 1. The van der Waals surface area contributed by atoms with Gasteiger partial charge in [-0.25, -0.2) is 12.8 Å². The summed E-state index contributed by atoms with van der Waals surface area (Å²) in [6.07, 6.45) is 1.18. The molecule has 2 atom stereocenters. The molecule has 1 aliphatic rings. The fourth-order valence-corrected chi connectivity index (χ4v) is 5.88. The lowest BCUT2D eigenvalue weighted by molar-refractivity contribution is -0.127. The van der Waals surface area contributed by atoms with E-state index in [9.17, 15) is 17.6 Å². The van der Waals surface area contributed by atoms with E-state index in [1.54, 1.807) is 26.0 Å². The molecule has 7 nitrogen and oxygen atoms in total. The summed E-state index contributed by atoms with van der Waals surface area (Å²) >= 11 is 0. The fourth-order valence-electron chi connectivity index (χ4n) is 4.06. The standard InChI is InChI=1S/C22H30FN3O4S/c1-14-19(15(2)30-25-14)31(28,29)26-12-6-7-17(13-26)21(27)24-20(22(3,4)5)16-8-10-18(23)11-9-16/h8-11,17,20H,6-7,12-13H2,1-5H3,(H,24,27). The van der Waals surface area contributed by atoms with Crippen molar-refractivity contribution in [2.75, 3.05) is 13.1 Å². The van der Waals surface area contributed by atoms with Crippen molar-refractivity contribution in [2.45, 2.75) is 58.4 Å². The molecule has 0 aliphatic carbocycles. The molecule has 0 spiro atoms. The number of aryl methyl sites for hydroxylation is 2. The van der Waals surface area contributed by atoms with Crippen LogP contribution in [0.2, 0.25) is 0 Å². The Bertz CT molecular complexity index is 1020. The lowest BCUT2D eigenvalue weighted by Crippen LogP contribution is -2.47. The lowest BCUT2D eigenvalue weighted by atomic mass is 9.82. The molecule has 31 heavy (non-hydrogen) atoms. The minimum absolute atomic E-state index is 0.0763. The minimum Gasteiger partial charge on any atom is -0.360 e. The Morgan fingerprint density at radius 2 is 1.90 bits per heavy atom. The topological polar surface area (TPSA) is 92.5 Å². The van der Waals surface area contributed by atoms with E-state index in [2.05, 4.69) is 10.5 Å². The minimum atomic E-state index is -3.80. The molecule has 2 unspecified atom stereocenters. The maximum absolute atomic E-state index is 13.4. The molecule has 9 heteroatoms. The number of amides is 1. The molecular formula is C22H30FN3O4S. The van der Waals surface area contributed by atoms with E-state index in [0.717, 1.165) is 5.56 Å². The maximum atomic E-state index is 13.4. The van der Waals surface area contributed by atoms with Crippen LogP contribution in [0.15, 0.2) is 33.7 Å². The van der Waals surface area contributed by atoms with Gasteiger partial charge in [0.2, 0.25) is 15.9 Å². The van der Waals surface area contributed by atoms with Crippen LogP contribution in [0.3, 0.4) is 0 Å². The Morgan fingerprint density at radius 3 is 2.45 bits per heavy atom. The van der Waals surface area contributed by atoms with Crippen molar-refractivity contribution in [1.82, 2.24) is 14.8 Å². The van der Waals surface area contributed by atoms with Crippen molar-refractivity contribution in [3.8, 4) is 0 Å². The second-order valence-corrected chi connectivity index (χ2v) is 11.1. The first-order valence-corrected chi connectivity index (χ1v) is 11.8. The zero-order valence-electron chi connectivity index (χ0n) is 18.6. The molecule has 1 aliphatic heterocycles. The van der Waals surface area contributed by atoms with Crippen molar-refractivity contribution in [3.63, 3.8) is 0 Å². The molecule has 1 fully saturated rings. The molecule has 2 heterocycles. The van der Waals surface area contributed by atoms with Gasteiger partial charge in [-0.2, -0.15) is 4.31 Å². The zero-order chi connectivity index (χ0) is 23.0. The van der Waals surface area contributed by atoms with E-state index >= 15 is 0 Å². The molecule has 1 aromatic carbocycles. The molecule has 1 amide bonds. The number of benzene rings is 1. The van der Waals surface area contributed by atoms with Crippen molar-refractivity contribution >= 4 is 15.9 Å². The van der Waals surface area contributed by atoms with Gasteiger partial charge in [0, 0.05) is 13.1 Å². The predicted octanol–water partition coefficient (Wildman–Crippen LogP) is 3.73. The summed E-state index contributed by atoms with van der Waals surface area (Å²) in [7, 11) is -3.80. The molecule has 1 N–H and O–H groups in total. The van der Waals surface area contributed by atoms with E-state index in [0.29, 0.717) is 25.1 Å². The first-order chi connectivity index (χ1) is 14.4. The average molecular weight is 452 g/mol. The largest absolute Gasteiger partial charge is 0.360 e. The number of aromatic nitrogens is 1. The highest BCUT2D eigenvalue weighted by Crippen LogP contribution is 2.34. The summed E-state index contributed by atoms with van der Waals surface area (Å²) in [5, 5.41) is 6.83. The van der Waals surface area contributed by atoms with Crippen LogP contribution in [0.1, 0.15) is 56.7 Å². The Morgan fingerprint density at radius 1 is 1.26 bits per heavy atom. The number of carbonyl (C=O) groups is 1. The fraction of sp³-hybridized carbons (Fsp3) is 0.545. The van der Waals surface area contributed by atoms with Gasteiger partial charge in [-0.15, -0.1) is 0 Å². The Balaban J connectivity index is 1.79. The van der Waals surface area contributed by atoms with Crippen LogP contribution in [0, 0.1) is 31.0 Å². The average Bonchev–Trinajstić information content (AvgIpc) is 3.05. The van der Waals surface area contributed by atoms with Crippen LogP contribution in [-0.2, 0) is 14.8 Å². The quantitative estimate of drug-likeness (QED) is 0.748. The second kappa shape index (κ2) is 8.70. The monoisotopic (exact) mass is 451 g/mol. The number of carbonyl (C=O) groups excluding carboxylic acids is 1. The van der Waals surface area contributed by atoms with Gasteiger partial charge in [0.15, 0.2) is 5.76 Å². The van der Waals surface area contributed by atoms with Gasteiger partial charge in [-0.3, -0.25) is 4.79 Å². The number of sulfonamides is 1. The Kier molecular flexibility index (Phi) is 6.57. The summed E-state index contributed by atoms with van der Waals surface area (Å²) < 4.78 is 46.0. The highest BCUT2D eigenvalue weighted by molar-refractivity contribution is 7.89. The van der Waals surface area contributed by atoms with Crippen LogP contribution < -0.4 is 5.32 Å². The maximum Gasteiger partial charge on any atom is 0.248 e. The molecule has 1 saturated heterocycles. The van der Waals surface area contributed by atoms with E-state index in [-0.39, 0.29) is 40.4 Å². The first kappa shape index (κ1) is 23.4. The summed E-state index contributed by atoms with van der Waals surface area (Å²) in [5.41, 5.74) is 0.802.